The van der Waals surface area contributed by atoms with Gasteiger partial charge in [0.25, 0.3) is 0 Å². The molecule has 1 aromatic rings. The van der Waals surface area contributed by atoms with Crippen molar-refractivity contribution in [1.29, 1.82) is 0 Å². The molecule has 21 heavy (non-hydrogen) atoms. The Hall–Kier alpha value is -2.04. The summed E-state index contributed by atoms with van der Waals surface area (Å²) in [7, 11) is 1.78. The van der Waals surface area contributed by atoms with E-state index in [0.717, 1.165) is 24.9 Å². The minimum atomic E-state index is -0.940. The van der Waals surface area contributed by atoms with Crippen molar-refractivity contribution in [1.82, 2.24) is 9.80 Å². The molecule has 5 heteroatoms. The van der Waals surface area contributed by atoms with Crippen LogP contribution in [-0.4, -0.2) is 46.0 Å². The van der Waals surface area contributed by atoms with E-state index >= 15 is 0 Å². The third-order valence-corrected chi connectivity index (χ3v) is 4.08. The second-order valence-electron chi connectivity index (χ2n) is 6.21. The highest BCUT2D eigenvalue weighted by Gasteiger charge is 2.36. The molecule has 1 heterocycles. The Bertz CT molecular complexity index is 537. The molecule has 1 N–H and O–H groups in total. The molecule has 1 aliphatic rings. The fraction of sp³-hybridized carbons (Fsp3) is 0.500. The Kier molecular flexibility index (Phi) is 4.21. The monoisotopic (exact) mass is 290 g/mol. The van der Waals surface area contributed by atoms with Gasteiger partial charge in [-0.2, -0.15) is 0 Å². The number of nitrogens with zero attached hydrogens (tertiary/aromatic N) is 2. The lowest BCUT2D eigenvalue weighted by Crippen LogP contribution is -2.48. The van der Waals surface area contributed by atoms with E-state index in [2.05, 4.69) is 13.8 Å². The van der Waals surface area contributed by atoms with Crippen molar-refractivity contribution in [2.75, 3.05) is 13.6 Å². The van der Waals surface area contributed by atoms with E-state index < -0.39 is 5.97 Å². The molecule has 0 unspecified atom stereocenters. The lowest BCUT2D eigenvalue weighted by atomic mass is 10.0. The lowest BCUT2D eigenvalue weighted by molar-refractivity contribution is 0.0696. The van der Waals surface area contributed by atoms with Gasteiger partial charge >= 0.3 is 12.0 Å². The van der Waals surface area contributed by atoms with Crippen LogP contribution < -0.4 is 0 Å². The van der Waals surface area contributed by atoms with E-state index in [4.69, 9.17) is 5.11 Å². The number of hydrogen-bond acceptors (Lipinski definition) is 2. The highest BCUT2D eigenvalue weighted by atomic mass is 16.4. The van der Waals surface area contributed by atoms with Gasteiger partial charge < -0.3 is 14.9 Å². The van der Waals surface area contributed by atoms with Crippen molar-refractivity contribution in [3.05, 3.63) is 35.4 Å². The molecule has 1 saturated heterocycles. The Morgan fingerprint density at radius 3 is 2.38 bits per heavy atom. The largest absolute Gasteiger partial charge is 0.478 e. The third kappa shape index (κ3) is 3.35. The number of likely N-dealkylation sites (tertiary alicyclic amines) is 1. The molecule has 2 rings (SSSR count). The fourth-order valence-corrected chi connectivity index (χ4v) is 2.76. The Labute approximate surface area is 125 Å². The Balaban J connectivity index is 2.02. The summed E-state index contributed by atoms with van der Waals surface area (Å²) < 4.78 is 0. The van der Waals surface area contributed by atoms with Gasteiger partial charge in [-0.15, -0.1) is 0 Å². The number of carbonyl (C=O) groups is 2. The molecule has 114 valence electrons. The molecule has 0 atom stereocenters. The maximum absolute atomic E-state index is 12.5. The molecule has 0 aromatic heterocycles. The van der Waals surface area contributed by atoms with Crippen LogP contribution in [0.4, 0.5) is 4.79 Å². The topological polar surface area (TPSA) is 60.9 Å². The summed E-state index contributed by atoms with van der Waals surface area (Å²) in [4.78, 5) is 26.9. The second kappa shape index (κ2) is 5.76. The van der Waals surface area contributed by atoms with E-state index in [0.29, 0.717) is 6.54 Å². The zero-order valence-electron chi connectivity index (χ0n) is 12.8. The van der Waals surface area contributed by atoms with Gasteiger partial charge in [0, 0.05) is 25.7 Å². The first kappa shape index (κ1) is 15.4. The zero-order valence-corrected chi connectivity index (χ0v) is 12.8. The van der Waals surface area contributed by atoms with Gasteiger partial charge in [0.15, 0.2) is 0 Å². The first-order valence-electron chi connectivity index (χ1n) is 7.16. The van der Waals surface area contributed by atoms with E-state index in [1.54, 1.807) is 36.2 Å². The van der Waals surface area contributed by atoms with Crippen LogP contribution >= 0.6 is 0 Å². The predicted molar refractivity (Wildman–Crippen MR) is 80.3 cm³/mol. The third-order valence-electron chi connectivity index (χ3n) is 4.08. The van der Waals surface area contributed by atoms with E-state index in [1.165, 1.54) is 0 Å². The molecular weight excluding hydrogens is 268 g/mol. The van der Waals surface area contributed by atoms with Gasteiger partial charge in [-0.25, -0.2) is 9.59 Å². The van der Waals surface area contributed by atoms with Crippen LogP contribution in [0.15, 0.2) is 24.3 Å². The summed E-state index contributed by atoms with van der Waals surface area (Å²) in [6.07, 6.45) is 2.07. The minimum Gasteiger partial charge on any atom is -0.478 e. The smallest absolute Gasteiger partial charge is 0.335 e. The van der Waals surface area contributed by atoms with Crippen LogP contribution in [-0.2, 0) is 6.54 Å². The molecule has 5 nitrogen and oxygen atoms in total. The lowest BCUT2D eigenvalue weighted by Gasteiger charge is -2.35. The van der Waals surface area contributed by atoms with E-state index in [-0.39, 0.29) is 17.1 Å². The Morgan fingerprint density at radius 2 is 1.90 bits per heavy atom. The standard InChI is InChI=1S/C16H22N2O3/c1-16(2)9-4-10-18(16)15(21)17(3)11-12-5-7-13(8-6-12)14(19)20/h5-8H,4,9-11H2,1-3H3,(H,19,20). The van der Waals surface area contributed by atoms with Crippen molar-refractivity contribution in [2.24, 2.45) is 0 Å². The van der Waals surface area contributed by atoms with Gasteiger partial charge in [-0.1, -0.05) is 12.1 Å². The fourth-order valence-electron chi connectivity index (χ4n) is 2.76. The number of aromatic carboxylic acids is 1. The minimum absolute atomic E-state index is 0.0276. The highest BCUT2D eigenvalue weighted by Crippen LogP contribution is 2.29. The molecule has 2 amide bonds. The molecule has 0 saturated carbocycles. The van der Waals surface area contributed by atoms with E-state index in [1.807, 2.05) is 4.90 Å². The average Bonchev–Trinajstić information content (AvgIpc) is 2.78. The molecule has 0 radical (unpaired) electrons. The van der Waals surface area contributed by atoms with Crippen molar-refractivity contribution < 1.29 is 14.7 Å². The quantitative estimate of drug-likeness (QED) is 0.931. The molecule has 0 aliphatic carbocycles. The highest BCUT2D eigenvalue weighted by molar-refractivity contribution is 5.87. The summed E-state index contributed by atoms with van der Waals surface area (Å²) in [6.45, 7) is 5.46. The van der Waals surface area contributed by atoms with Crippen LogP contribution in [0.3, 0.4) is 0 Å². The van der Waals surface area contributed by atoms with Crippen LogP contribution in [0.1, 0.15) is 42.6 Å². The van der Waals surface area contributed by atoms with Crippen molar-refractivity contribution >= 4 is 12.0 Å². The number of urea groups is 1. The van der Waals surface area contributed by atoms with Crippen LogP contribution in [0.2, 0.25) is 0 Å². The van der Waals surface area contributed by atoms with Gasteiger partial charge in [0.2, 0.25) is 0 Å². The average molecular weight is 290 g/mol. The summed E-state index contributed by atoms with van der Waals surface area (Å²) in [5.41, 5.74) is 1.10. The van der Waals surface area contributed by atoms with E-state index in [9.17, 15) is 9.59 Å². The second-order valence-corrected chi connectivity index (χ2v) is 6.21. The van der Waals surface area contributed by atoms with Crippen molar-refractivity contribution in [3.8, 4) is 0 Å². The Morgan fingerprint density at radius 1 is 1.29 bits per heavy atom. The van der Waals surface area contributed by atoms with Gasteiger partial charge in [0.1, 0.15) is 0 Å². The molecule has 1 aromatic carbocycles. The molecule has 1 aliphatic heterocycles. The SMILES string of the molecule is CN(Cc1ccc(C(=O)O)cc1)C(=O)N1CCCC1(C)C. The summed E-state index contributed by atoms with van der Waals surface area (Å²) in [6, 6.07) is 6.66. The molecular formula is C16H22N2O3. The van der Waals surface area contributed by atoms with Crippen LogP contribution in [0.5, 0.6) is 0 Å². The number of carbonyl (C=O) groups excluding carboxylic acids is 1. The number of carboxylic acids is 1. The number of rotatable bonds is 3. The van der Waals surface area contributed by atoms with Gasteiger partial charge in [0.05, 0.1) is 5.56 Å². The molecule has 0 bridgehead atoms. The number of hydrogen-bond donors (Lipinski definition) is 1. The predicted octanol–water partition coefficient (Wildman–Crippen LogP) is 2.81. The van der Waals surface area contributed by atoms with Crippen LogP contribution in [0.25, 0.3) is 0 Å². The van der Waals surface area contributed by atoms with Gasteiger partial charge in [-0.3, -0.25) is 0 Å². The first-order chi connectivity index (χ1) is 9.81. The molecule has 1 fully saturated rings. The number of benzene rings is 1. The summed E-state index contributed by atoms with van der Waals surface area (Å²) >= 11 is 0. The summed E-state index contributed by atoms with van der Waals surface area (Å²) in [5.74, 6) is -0.940. The van der Waals surface area contributed by atoms with Crippen molar-refractivity contribution in [3.63, 3.8) is 0 Å². The number of amides is 2. The normalized spacial score (nSPS) is 16.8. The summed E-state index contributed by atoms with van der Waals surface area (Å²) in [5, 5.41) is 8.88. The molecule has 0 spiro atoms. The maximum Gasteiger partial charge on any atom is 0.335 e. The van der Waals surface area contributed by atoms with Gasteiger partial charge in [-0.05, 0) is 44.4 Å². The number of carboxylic acid groups (broad SMARTS) is 1. The first-order valence-corrected chi connectivity index (χ1v) is 7.16. The maximum atomic E-state index is 12.5. The van der Waals surface area contributed by atoms with Crippen LogP contribution in [0, 0.1) is 0 Å². The van der Waals surface area contributed by atoms with Crippen molar-refractivity contribution in [2.45, 2.75) is 38.8 Å². The zero-order chi connectivity index (χ0) is 15.6.